The highest BCUT2D eigenvalue weighted by Crippen LogP contribution is 2.60. The molecule has 1 saturated heterocycles. The molecular formula is C52H85N3O16P2. The molecule has 1 aromatic rings. The molecule has 1 aliphatic rings. The van der Waals surface area contributed by atoms with E-state index in [-0.39, 0.29) is 24.8 Å². The number of carbonyl (C=O) groups is 2. The van der Waals surface area contributed by atoms with E-state index in [2.05, 4.69) is 65.7 Å². The summed E-state index contributed by atoms with van der Waals surface area (Å²) < 4.78 is 56.7. The lowest BCUT2D eigenvalue weighted by Gasteiger charge is -2.21. The fourth-order valence-electron chi connectivity index (χ4n) is 7.29. The number of rotatable bonds is 42. The minimum Gasteiger partial charge on any atom is -0.462 e. The van der Waals surface area contributed by atoms with Gasteiger partial charge < -0.3 is 45.1 Å². The fraction of sp³-hybridized carbons (Fsp3) is 0.654. The van der Waals surface area contributed by atoms with Crippen molar-refractivity contribution in [3.63, 3.8) is 0 Å². The molecule has 0 bridgehead atoms. The lowest BCUT2D eigenvalue weighted by atomic mass is 10.1. The van der Waals surface area contributed by atoms with Gasteiger partial charge in [0.15, 0.2) is 12.3 Å². The molecule has 7 N–H and O–H groups in total. The first-order valence-corrected chi connectivity index (χ1v) is 29.0. The molecule has 2 rings (SSSR count). The largest absolute Gasteiger partial charge is 0.481 e. The van der Waals surface area contributed by atoms with Crippen molar-refractivity contribution in [2.24, 2.45) is 0 Å². The normalized spacial score (nSPS) is 20.0. The van der Waals surface area contributed by atoms with E-state index in [1.807, 2.05) is 30.4 Å². The average molecular weight is 1070 g/mol. The number of esters is 2. The maximum Gasteiger partial charge on any atom is 0.481 e. The number of unbranched alkanes of at least 4 members (excludes halogenated alkanes) is 11. The number of hydrogen-bond donors (Lipinski definition) is 6. The van der Waals surface area contributed by atoms with Crippen LogP contribution in [0.4, 0.5) is 5.82 Å². The van der Waals surface area contributed by atoms with Gasteiger partial charge in [0, 0.05) is 19.0 Å². The van der Waals surface area contributed by atoms with Crippen LogP contribution in [0.5, 0.6) is 0 Å². The van der Waals surface area contributed by atoms with Crippen LogP contribution in [0.25, 0.3) is 0 Å². The Morgan fingerprint density at radius 2 is 1.25 bits per heavy atom. The van der Waals surface area contributed by atoms with Crippen LogP contribution < -0.4 is 11.4 Å². The van der Waals surface area contributed by atoms with E-state index in [0.717, 1.165) is 101 Å². The van der Waals surface area contributed by atoms with Crippen molar-refractivity contribution in [2.75, 3.05) is 25.6 Å². The number of aliphatic hydroxyl groups excluding tert-OH is 3. The summed E-state index contributed by atoms with van der Waals surface area (Å²) in [5, 5.41) is 30.7. The third-order valence-electron chi connectivity index (χ3n) is 11.3. The van der Waals surface area contributed by atoms with Crippen molar-refractivity contribution in [2.45, 2.75) is 198 Å². The first-order valence-electron chi connectivity index (χ1n) is 26.0. The van der Waals surface area contributed by atoms with Crippen molar-refractivity contribution in [1.82, 2.24) is 9.55 Å². The third-order valence-corrected chi connectivity index (χ3v) is 13.9. The second-order valence-corrected chi connectivity index (χ2v) is 20.9. The van der Waals surface area contributed by atoms with Crippen LogP contribution in [-0.2, 0) is 46.3 Å². The number of nitrogen functional groups attached to an aromatic ring is 1. The molecule has 0 spiro atoms. The zero-order chi connectivity index (χ0) is 53.6. The second kappa shape index (κ2) is 39.6. The highest BCUT2D eigenvalue weighted by Gasteiger charge is 2.46. The zero-order valence-electron chi connectivity index (χ0n) is 43.0. The fourth-order valence-corrected chi connectivity index (χ4v) is 9.40. The van der Waals surface area contributed by atoms with Crippen LogP contribution >= 0.6 is 15.6 Å². The first-order chi connectivity index (χ1) is 35.1. The Labute approximate surface area is 432 Å². The van der Waals surface area contributed by atoms with Crippen LogP contribution in [0.15, 0.2) is 90.0 Å². The Hall–Kier alpha value is -3.84. The zero-order valence-corrected chi connectivity index (χ0v) is 44.8. The number of hydrogen-bond acceptors (Lipinski definition) is 16. The molecular weight excluding hydrogens is 985 g/mol. The quantitative estimate of drug-likeness (QED) is 0.0154. The van der Waals surface area contributed by atoms with Gasteiger partial charge in [-0.2, -0.15) is 9.29 Å². The van der Waals surface area contributed by atoms with Crippen molar-refractivity contribution in [3.8, 4) is 0 Å². The molecule has 0 radical (unpaired) electrons. The summed E-state index contributed by atoms with van der Waals surface area (Å²) in [4.78, 5) is 61.9. The van der Waals surface area contributed by atoms with E-state index in [1.165, 1.54) is 25.3 Å². The van der Waals surface area contributed by atoms with E-state index in [4.69, 9.17) is 29.0 Å². The maximum absolute atomic E-state index is 12.9. The predicted octanol–water partition coefficient (Wildman–Crippen LogP) is 9.86. The minimum atomic E-state index is -5.45. The van der Waals surface area contributed by atoms with Crippen LogP contribution in [0, 0.1) is 0 Å². The molecule has 1 fully saturated rings. The van der Waals surface area contributed by atoms with Crippen molar-refractivity contribution in [1.29, 1.82) is 0 Å². The van der Waals surface area contributed by atoms with E-state index < -0.39 is 83.7 Å². The number of phosphoric acid groups is 2. The van der Waals surface area contributed by atoms with Crippen LogP contribution in [0.1, 0.15) is 168 Å². The number of nitrogens with two attached hydrogens (primary N) is 1. The van der Waals surface area contributed by atoms with Crippen molar-refractivity contribution >= 4 is 33.4 Å². The minimum absolute atomic E-state index is 0.0187. The van der Waals surface area contributed by atoms with Gasteiger partial charge in [-0.1, -0.05) is 138 Å². The van der Waals surface area contributed by atoms with Gasteiger partial charge >= 0.3 is 33.3 Å². The molecule has 1 aromatic heterocycles. The number of aromatic nitrogens is 2. The molecule has 414 valence electrons. The molecule has 0 aliphatic carbocycles. The van der Waals surface area contributed by atoms with Gasteiger partial charge in [0.05, 0.1) is 19.3 Å². The van der Waals surface area contributed by atoms with Gasteiger partial charge in [0.25, 0.3) is 0 Å². The molecule has 73 heavy (non-hydrogen) atoms. The second-order valence-electron chi connectivity index (χ2n) is 17.8. The number of anilines is 1. The Bertz CT molecular complexity index is 2020. The lowest BCUT2D eigenvalue weighted by molar-refractivity contribution is -0.161. The lowest BCUT2D eigenvalue weighted by Crippen LogP contribution is -2.36. The number of aliphatic hydroxyl groups is 3. The van der Waals surface area contributed by atoms with E-state index >= 15 is 0 Å². The Balaban J connectivity index is 1.83. The molecule has 8 atom stereocenters. The summed E-state index contributed by atoms with van der Waals surface area (Å²) in [6, 6.07) is 1.24. The number of carbonyl (C=O) groups excluding carboxylic acids is 2. The van der Waals surface area contributed by atoms with Gasteiger partial charge in [0.1, 0.15) is 30.7 Å². The first kappa shape index (κ1) is 65.3. The summed E-state index contributed by atoms with van der Waals surface area (Å²) in [5.41, 5.74) is 4.58. The monoisotopic (exact) mass is 1070 g/mol. The average Bonchev–Trinajstić information content (AvgIpc) is 3.62. The number of phosphoric ester groups is 2. The number of nitrogens with zero attached hydrogens (tertiary/aromatic N) is 2. The highest BCUT2D eigenvalue weighted by molar-refractivity contribution is 7.61. The Morgan fingerprint density at radius 3 is 1.85 bits per heavy atom. The van der Waals surface area contributed by atoms with Crippen LogP contribution in [-0.4, -0.2) is 96.9 Å². The topological polar surface area (TPSA) is 286 Å². The smallest absolute Gasteiger partial charge is 0.462 e. The predicted molar refractivity (Wildman–Crippen MR) is 281 cm³/mol. The highest BCUT2D eigenvalue weighted by atomic mass is 31.3. The molecule has 0 saturated carbocycles. The van der Waals surface area contributed by atoms with E-state index in [0.29, 0.717) is 25.7 Å². The molecule has 19 nitrogen and oxygen atoms in total. The van der Waals surface area contributed by atoms with Gasteiger partial charge in [0.2, 0.25) is 0 Å². The Kier molecular flexibility index (Phi) is 35.4. The van der Waals surface area contributed by atoms with E-state index in [1.54, 1.807) is 0 Å². The Morgan fingerprint density at radius 1 is 0.712 bits per heavy atom. The van der Waals surface area contributed by atoms with Gasteiger partial charge in [-0.15, -0.1) is 0 Å². The summed E-state index contributed by atoms with van der Waals surface area (Å²) in [6.45, 7) is 1.86. The third kappa shape index (κ3) is 32.3. The van der Waals surface area contributed by atoms with Crippen molar-refractivity contribution < 1.29 is 71.4 Å². The van der Waals surface area contributed by atoms with Crippen LogP contribution in [0.3, 0.4) is 0 Å². The molecule has 21 heteroatoms. The van der Waals surface area contributed by atoms with Gasteiger partial charge in [-0.3, -0.25) is 23.2 Å². The van der Waals surface area contributed by atoms with Gasteiger partial charge in [-0.25, -0.2) is 13.9 Å². The van der Waals surface area contributed by atoms with E-state index in [9.17, 15) is 48.6 Å². The molecule has 1 aliphatic heterocycles. The number of allylic oxidation sites excluding steroid dienone is 11. The van der Waals surface area contributed by atoms with Crippen molar-refractivity contribution in [3.05, 3.63) is 95.7 Å². The molecule has 0 amide bonds. The molecule has 3 unspecified atom stereocenters. The van der Waals surface area contributed by atoms with Crippen LogP contribution in [0.2, 0.25) is 0 Å². The molecule has 0 aromatic carbocycles. The number of ether oxygens (including phenoxy) is 3. The SMILES string of the molecule is CCCCC/C=C\C/C=C\CCCCCCCCCC(=O)O[C@H](COC(=O)CCC/C=C\C/C=C\C/C=C\C/C=C\CC(O)CCC)COP(=O)(O)OP(=O)(O)OC[C@H]1O[C@@H](n2ccc(N)nc2=O)[C@H](O)[C@@H]1O. The summed E-state index contributed by atoms with van der Waals surface area (Å²) in [6.07, 6.45) is 37.5. The summed E-state index contributed by atoms with van der Waals surface area (Å²) in [5.74, 6) is -1.40. The van der Waals surface area contributed by atoms with Gasteiger partial charge in [-0.05, 0) is 89.5 Å². The standard InChI is InChI=1S/C52H85N3O16P2/c1-3-5-6-7-8-9-10-11-12-13-14-17-21-24-27-30-33-37-48(58)69-44(40-66-47(57)36-32-29-26-23-20-18-15-16-19-22-25-28-31-35-43(56)34-4-2)41-67-72(62,63)71-73(64,65)68-42-45-49(59)50(60)51(70-45)55-39-38-46(53)54-52(55)61/h8-9,11-12,15,18-19,22-23,26,28,31,38-39,43-45,49-51,56,59-60H,3-7,10,13-14,16-17,20-21,24-25,27,29-30,32-37,40-42H2,1-2H3,(H,62,63)(H,64,65)(H2,53,54,61)/b9-8-,12-11-,18-15-,22-19-,26-23-,31-28-/t43?,44-,45-,49-,50-,51-/m1/s1. The summed E-state index contributed by atoms with van der Waals surface area (Å²) >= 11 is 0. The molecule has 2 heterocycles. The summed E-state index contributed by atoms with van der Waals surface area (Å²) in [7, 11) is -10.9. The maximum atomic E-state index is 12.9.